The van der Waals surface area contributed by atoms with E-state index in [1.54, 1.807) is 13.0 Å². The zero-order valence-electron chi connectivity index (χ0n) is 12.0. The normalized spacial score (nSPS) is 9.41. The lowest BCUT2D eigenvalue weighted by molar-refractivity contribution is -0.145. The molecular formula is C16H16F2O4. The Morgan fingerprint density at radius 3 is 2.23 bits per heavy atom. The molecule has 22 heavy (non-hydrogen) atoms. The van der Waals surface area contributed by atoms with Crippen LogP contribution in [0.2, 0.25) is 0 Å². The SMILES string of the molecule is CCOC(=O)COc1cccc(F)c1.Oc1cccc(F)c1. The second-order valence-corrected chi connectivity index (χ2v) is 4.03. The van der Waals surface area contributed by atoms with E-state index in [2.05, 4.69) is 4.74 Å². The predicted octanol–water partition coefficient (Wildman–Crippen LogP) is 3.30. The van der Waals surface area contributed by atoms with Crippen molar-refractivity contribution in [3.8, 4) is 11.5 Å². The van der Waals surface area contributed by atoms with Crippen molar-refractivity contribution in [3.63, 3.8) is 0 Å². The molecule has 1 N–H and O–H groups in total. The van der Waals surface area contributed by atoms with Crippen molar-refractivity contribution in [2.75, 3.05) is 13.2 Å². The molecule has 2 aromatic carbocycles. The van der Waals surface area contributed by atoms with Crippen molar-refractivity contribution in [2.24, 2.45) is 0 Å². The molecule has 0 aliphatic carbocycles. The zero-order valence-corrected chi connectivity index (χ0v) is 12.0. The van der Waals surface area contributed by atoms with Crippen LogP contribution in [0.5, 0.6) is 11.5 Å². The van der Waals surface area contributed by atoms with E-state index < -0.39 is 17.6 Å². The summed E-state index contributed by atoms with van der Waals surface area (Å²) in [5.74, 6) is -0.990. The van der Waals surface area contributed by atoms with Crippen molar-refractivity contribution in [2.45, 2.75) is 6.92 Å². The van der Waals surface area contributed by atoms with Crippen LogP contribution in [0.15, 0.2) is 48.5 Å². The van der Waals surface area contributed by atoms with Crippen LogP contribution < -0.4 is 4.74 Å². The fraction of sp³-hybridized carbons (Fsp3) is 0.188. The van der Waals surface area contributed by atoms with Crippen molar-refractivity contribution < 1.29 is 28.2 Å². The molecule has 2 aromatic rings. The Morgan fingerprint density at radius 2 is 1.73 bits per heavy atom. The van der Waals surface area contributed by atoms with Crippen LogP contribution in [-0.4, -0.2) is 24.3 Å². The van der Waals surface area contributed by atoms with Gasteiger partial charge in [-0.3, -0.25) is 0 Å². The molecule has 4 nitrogen and oxygen atoms in total. The third-order valence-electron chi connectivity index (χ3n) is 2.27. The number of hydrogen-bond acceptors (Lipinski definition) is 4. The van der Waals surface area contributed by atoms with Gasteiger partial charge in [0, 0.05) is 12.1 Å². The van der Waals surface area contributed by atoms with Gasteiger partial charge in [-0.1, -0.05) is 12.1 Å². The minimum Gasteiger partial charge on any atom is -0.508 e. The van der Waals surface area contributed by atoms with Crippen molar-refractivity contribution in [1.29, 1.82) is 0 Å². The Labute approximate surface area is 126 Å². The average molecular weight is 310 g/mol. The van der Waals surface area contributed by atoms with E-state index in [0.29, 0.717) is 12.4 Å². The number of hydrogen-bond donors (Lipinski definition) is 1. The van der Waals surface area contributed by atoms with Crippen molar-refractivity contribution in [3.05, 3.63) is 60.2 Å². The lowest BCUT2D eigenvalue weighted by Gasteiger charge is -2.04. The summed E-state index contributed by atoms with van der Waals surface area (Å²) in [5.41, 5.74) is 0. The molecule has 0 amide bonds. The Balaban J connectivity index is 0.000000255. The first-order chi connectivity index (χ1) is 10.5. The predicted molar refractivity (Wildman–Crippen MR) is 76.6 cm³/mol. The molecule has 0 aromatic heterocycles. The van der Waals surface area contributed by atoms with Crippen LogP contribution in [0.1, 0.15) is 6.92 Å². The molecule has 118 valence electrons. The highest BCUT2D eigenvalue weighted by Gasteiger charge is 2.02. The van der Waals surface area contributed by atoms with Gasteiger partial charge in [-0.05, 0) is 31.2 Å². The summed E-state index contributed by atoms with van der Waals surface area (Å²) in [6.07, 6.45) is 0. The molecule has 0 bridgehead atoms. The van der Waals surface area contributed by atoms with Gasteiger partial charge in [0.15, 0.2) is 6.61 Å². The molecule has 0 saturated carbocycles. The number of halogens is 2. The van der Waals surface area contributed by atoms with E-state index >= 15 is 0 Å². The summed E-state index contributed by atoms with van der Waals surface area (Å²) in [4.78, 5) is 10.9. The van der Waals surface area contributed by atoms with Gasteiger partial charge in [0.1, 0.15) is 23.1 Å². The van der Waals surface area contributed by atoms with Crippen LogP contribution in [0, 0.1) is 11.6 Å². The molecule has 0 aliphatic heterocycles. The molecule has 0 atom stereocenters. The molecule has 0 spiro atoms. The summed E-state index contributed by atoms with van der Waals surface area (Å²) in [6, 6.07) is 10.8. The first kappa shape index (κ1) is 17.4. The number of carbonyl (C=O) groups excluding carboxylic acids is 1. The van der Waals surface area contributed by atoms with E-state index in [0.717, 1.165) is 6.07 Å². The number of phenolic OH excluding ortho intramolecular Hbond substituents is 1. The smallest absolute Gasteiger partial charge is 0.344 e. The molecule has 0 saturated heterocycles. The summed E-state index contributed by atoms with van der Waals surface area (Å²) >= 11 is 0. The second kappa shape index (κ2) is 9.33. The van der Waals surface area contributed by atoms with Gasteiger partial charge in [-0.2, -0.15) is 0 Å². The van der Waals surface area contributed by atoms with Gasteiger partial charge < -0.3 is 14.6 Å². The fourth-order valence-corrected chi connectivity index (χ4v) is 1.38. The molecular weight excluding hydrogens is 294 g/mol. The van der Waals surface area contributed by atoms with Crippen LogP contribution in [0.3, 0.4) is 0 Å². The Morgan fingerprint density at radius 1 is 1.09 bits per heavy atom. The maximum atomic E-state index is 12.6. The first-order valence-corrected chi connectivity index (χ1v) is 6.49. The van der Waals surface area contributed by atoms with E-state index in [1.807, 2.05) is 0 Å². The maximum absolute atomic E-state index is 12.6. The maximum Gasteiger partial charge on any atom is 0.344 e. The summed E-state index contributed by atoms with van der Waals surface area (Å²) in [6.45, 7) is 1.82. The number of carbonyl (C=O) groups is 1. The van der Waals surface area contributed by atoms with Gasteiger partial charge in [0.25, 0.3) is 0 Å². The largest absolute Gasteiger partial charge is 0.508 e. The highest BCUT2D eigenvalue weighted by Crippen LogP contribution is 2.11. The molecule has 0 unspecified atom stereocenters. The second-order valence-electron chi connectivity index (χ2n) is 4.03. The summed E-state index contributed by atoms with van der Waals surface area (Å²) < 4.78 is 34.3. The molecule has 6 heteroatoms. The number of ether oxygens (including phenoxy) is 2. The summed E-state index contributed by atoms with van der Waals surface area (Å²) in [5, 5.41) is 8.57. The van der Waals surface area contributed by atoms with Crippen molar-refractivity contribution >= 4 is 5.97 Å². The lowest BCUT2D eigenvalue weighted by Crippen LogP contribution is -2.14. The highest BCUT2D eigenvalue weighted by molar-refractivity contribution is 5.71. The minimum atomic E-state index is -0.461. The van der Waals surface area contributed by atoms with E-state index in [9.17, 15) is 13.6 Å². The Hall–Kier alpha value is -2.63. The van der Waals surface area contributed by atoms with E-state index in [-0.39, 0.29) is 12.4 Å². The highest BCUT2D eigenvalue weighted by atomic mass is 19.1. The monoisotopic (exact) mass is 310 g/mol. The van der Waals surface area contributed by atoms with Gasteiger partial charge in [0.05, 0.1) is 6.61 Å². The third kappa shape index (κ3) is 7.23. The third-order valence-corrected chi connectivity index (χ3v) is 2.27. The average Bonchev–Trinajstić information content (AvgIpc) is 2.46. The number of benzene rings is 2. The lowest BCUT2D eigenvalue weighted by atomic mass is 10.3. The molecule has 0 aliphatic rings. The van der Waals surface area contributed by atoms with E-state index in [1.165, 1.54) is 36.4 Å². The molecule has 0 heterocycles. The Bertz CT molecular complexity index is 585. The van der Waals surface area contributed by atoms with Crippen LogP contribution in [0.4, 0.5) is 8.78 Å². The first-order valence-electron chi connectivity index (χ1n) is 6.49. The van der Waals surface area contributed by atoms with Crippen LogP contribution >= 0.6 is 0 Å². The standard InChI is InChI=1S/C10H11FO3.C6H5FO/c1-2-13-10(12)7-14-9-5-3-4-8(11)6-9;7-5-2-1-3-6(8)4-5/h3-6H,2,7H2,1H3;1-4,8H. The van der Waals surface area contributed by atoms with Gasteiger partial charge in [0.2, 0.25) is 0 Å². The van der Waals surface area contributed by atoms with Crippen LogP contribution in [-0.2, 0) is 9.53 Å². The molecule has 2 rings (SSSR count). The fourth-order valence-electron chi connectivity index (χ4n) is 1.38. The van der Waals surface area contributed by atoms with Crippen molar-refractivity contribution in [1.82, 2.24) is 0 Å². The van der Waals surface area contributed by atoms with Gasteiger partial charge in [-0.15, -0.1) is 0 Å². The molecule has 0 fully saturated rings. The van der Waals surface area contributed by atoms with Gasteiger partial charge in [-0.25, -0.2) is 13.6 Å². The topological polar surface area (TPSA) is 55.8 Å². The Kier molecular flexibility index (Phi) is 7.39. The number of aromatic hydroxyl groups is 1. The zero-order chi connectivity index (χ0) is 16.4. The van der Waals surface area contributed by atoms with Gasteiger partial charge >= 0.3 is 5.97 Å². The minimum absolute atomic E-state index is 0.0370. The number of phenols is 1. The number of esters is 1. The number of rotatable bonds is 4. The van der Waals surface area contributed by atoms with E-state index in [4.69, 9.17) is 9.84 Å². The quantitative estimate of drug-likeness (QED) is 0.880. The molecule has 0 radical (unpaired) electrons. The van der Waals surface area contributed by atoms with Crippen LogP contribution in [0.25, 0.3) is 0 Å². The summed E-state index contributed by atoms with van der Waals surface area (Å²) in [7, 11) is 0.